The third-order valence-corrected chi connectivity index (χ3v) is 5.46. The average molecular weight is 373 g/mol. The fourth-order valence-corrected chi connectivity index (χ4v) is 3.83. The van der Waals surface area contributed by atoms with E-state index in [1.54, 1.807) is 0 Å². The molecule has 0 bridgehead atoms. The van der Waals surface area contributed by atoms with Crippen LogP contribution in [0.4, 0.5) is 4.79 Å². The van der Waals surface area contributed by atoms with E-state index in [4.69, 9.17) is 4.74 Å². The van der Waals surface area contributed by atoms with Gasteiger partial charge in [-0.25, -0.2) is 4.79 Å². The fourth-order valence-electron chi connectivity index (χ4n) is 3.83. The number of imide groups is 1. The zero-order valence-electron chi connectivity index (χ0n) is 15.9. The lowest BCUT2D eigenvalue weighted by molar-refractivity contribution is -0.139. The van der Waals surface area contributed by atoms with E-state index in [1.807, 2.05) is 31.2 Å². The summed E-state index contributed by atoms with van der Waals surface area (Å²) in [6.45, 7) is 3.09. The number of rotatable bonds is 6. The average Bonchev–Trinajstić information content (AvgIpc) is 2.66. The number of aryl methyl sites for hydroxylation is 1. The summed E-state index contributed by atoms with van der Waals surface area (Å²) in [5, 5.41) is 5.88. The molecule has 1 aliphatic carbocycles. The van der Waals surface area contributed by atoms with E-state index >= 15 is 0 Å². The van der Waals surface area contributed by atoms with Crippen LogP contribution in [0.3, 0.4) is 0 Å². The molecule has 0 spiro atoms. The number of methoxy groups -OCH3 is 1. The minimum absolute atomic E-state index is 0.0162. The second-order valence-corrected chi connectivity index (χ2v) is 7.36. The summed E-state index contributed by atoms with van der Waals surface area (Å²) in [7, 11) is 1.54. The Morgan fingerprint density at radius 3 is 2.70 bits per heavy atom. The van der Waals surface area contributed by atoms with Crippen molar-refractivity contribution in [2.75, 3.05) is 20.3 Å². The molecule has 1 aromatic carbocycles. The molecule has 1 saturated carbocycles. The Balaban J connectivity index is 1.54. The number of carbonyl (C=O) groups is 3. The van der Waals surface area contributed by atoms with E-state index in [-0.39, 0.29) is 42.3 Å². The van der Waals surface area contributed by atoms with Gasteiger partial charge in [-0.05, 0) is 31.7 Å². The predicted octanol–water partition coefficient (Wildman–Crippen LogP) is 1.59. The lowest BCUT2D eigenvalue weighted by Crippen LogP contribution is -2.62. The van der Waals surface area contributed by atoms with Gasteiger partial charge >= 0.3 is 6.03 Å². The number of fused-ring (bicyclic) bond motifs is 1. The maximum atomic E-state index is 12.6. The molecule has 7 heteroatoms. The lowest BCUT2D eigenvalue weighted by Gasteiger charge is -2.41. The van der Waals surface area contributed by atoms with Gasteiger partial charge in [-0.15, -0.1) is 0 Å². The van der Waals surface area contributed by atoms with E-state index in [2.05, 4.69) is 10.6 Å². The summed E-state index contributed by atoms with van der Waals surface area (Å²) in [6.07, 6.45) is 1.76. The lowest BCUT2D eigenvalue weighted by atomic mass is 9.76. The topological polar surface area (TPSA) is 87.7 Å². The van der Waals surface area contributed by atoms with Crippen LogP contribution in [0.1, 0.15) is 30.4 Å². The first-order chi connectivity index (χ1) is 13.0. The quantitative estimate of drug-likeness (QED) is 0.793. The molecule has 4 amide bonds. The van der Waals surface area contributed by atoms with E-state index in [1.165, 1.54) is 17.6 Å². The molecule has 7 nitrogen and oxygen atoms in total. The predicted molar refractivity (Wildman–Crippen MR) is 99.8 cm³/mol. The van der Waals surface area contributed by atoms with E-state index < -0.39 is 0 Å². The highest BCUT2D eigenvalue weighted by Crippen LogP contribution is 2.33. The molecule has 3 rings (SSSR count). The van der Waals surface area contributed by atoms with Crippen molar-refractivity contribution >= 4 is 17.8 Å². The molecule has 2 N–H and O–H groups in total. The van der Waals surface area contributed by atoms with Gasteiger partial charge < -0.3 is 15.4 Å². The van der Waals surface area contributed by atoms with Crippen LogP contribution in [-0.4, -0.2) is 49.0 Å². The van der Waals surface area contributed by atoms with Gasteiger partial charge in [0.15, 0.2) is 0 Å². The Labute approximate surface area is 159 Å². The normalized spacial score (nSPS) is 25.0. The molecule has 1 saturated heterocycles. The largest absolute Gasteiger partial charge is 0.383 e. The first-order valence-electron chi connectivity index (χ1n) is 9.43. The third kappa shape index (κ3) is 4.47. The van der Waals surface area contributed by atoms with Gasteiger partial charge in [0.2, 0.25) is 11.8 Å². The Morgan fingerprint density at radius 2 is 2.00 bits per heavy atom. The smallest absolute Gasteiger partial charge is 0.324 e. The van der Waals surface area contributed by atoms with Crippen LogP contribution in [0.25, 0.3) is 0 Å². The van der Waals surface area contributed by atoms with Gasteiger partial charge in [-0.3, -0.25) is 14.5 Å². The number of nitrogens with zero attached hydrogens (tertiary/aromatic N) is 1. The molecule has 0 aromatic heterocycles. The minimum Gasteiger partial charge on any atom is -0.383 e. The van der Waals surface area contributed by atoms with Crippen molar-refractivity contribution in [3.05, 3.63) is 35.4 Å². The Kier molecular flexibility index (Phi) is 6.11. The van der Waals surface area contributed by atoms with Gasteiger partial charge in [0.1, 0.15) is 0 Å². The van der Waals surface area contributed by atoms with Gasteiger partial charge in [-0.2, -0.15) is 0 Å². The second-order valence-electron chi connectivity index (χ2n) is 7.36. The number of hydrogen-bond acceptors (Lipinski definition) is 4. The summed E-state index contributed by atoms with van der Waals surface area (Å²) in [5.74, 6) is -0.604. The number of carbonyl (C=O) groups excluding carboxylic acids is 3. The molecule has 146 valence electrons. The van der Waals surface area contributed by atoms with E-state index in [9.17, 15) is 14.4 Å². The van der Waals surface area contributed by atoms with Crippen molar-refractivity contribution in [3.63, 3.8) is 0 Å². The van der Waals surface area contributed by atoms with Gasteiger partial charge in [-0.1, -0.05) is 29.8 Å². The van der Waals surface area contributed by atoms with Crippen LogP contribution in [0.5, 0.6) is 0 Å². The van der Waals surface area contributed by atoms with Crippen molar-refractivity contribution < 1.29 is 19.1 Å². The molecule has 2 aliphatic rings. The molecule has 27 heavy (non-hydrogen) atoms. The zero-order chi connectivity index (χ0) is 19.4. The highest BCUT2D eigenvalue weighted by atomic mass is 16.5. The number of nitrogens with one attached hydrogen (secondary N) is 2. The summed E-state index contributed by atoms with van der Waals surface area (Å²) >= 11 is 0. The Bertz CT molecular complexity index is 704. The highest BCUT2D eigenvalue weighted by molar-refractivity contribution is 5.99. The van der Waals surface area contributed by atoms with Crippen LogP contribution in [0.15, 0.2) is 24.3 Å². The molecule has 3 atom stereocenters. The molecule has 3 unspecified atom stereocenters. The van der Waals surface area contributed by atoms with Crippen LogP contribution in [0, 0.1) is 18.8 Å². The fraction of sp³-hybridized carbons (Fsp3) is 0.550. The zero-order valence-corrected chi connectivity index (χ0v) is 15.9. The molecular formula is C20H27N3O4. The summed E-state index contributed by atoms with van der Waals surface area (Å²) in [4.78, 5) is 38.6. The van der Waals surface area contributed by atoms with Gasteiger partial charge in [0.25, 0.3) is 0 Å². The van der Waals surface area contributed by atoms with Crippen molar-refractivity contribution in [1.82, 2.24) is 15.5 Å². The highest BCUT2D eigenvalue weighted by Gasteiger charge is 2.45. The number of urea groups is 1. The minimum atomic E-state index is -0.390. The van der Waals surface area contributed by atoms with Crippen LogP contribution < -0.4 is 10.6 Å². The standard InChI is InChI=1S/C20H27N3O4/c1-13-3-5-14(6-4-13)12-21-18(24)15-7-8-16-17(11-15)22-20(26)23(19(16)25)9-10-27-2/h3-6,15-17H,7-12H2,1-2H3,(H,21,24)(H,22,26). The monoisotopic (exact) mass is 373 g/mol. The molecule has 1 aromatic rings. The van der Waals surface area contributed by atoms with Crippen molar-refractivity contribution in [3.8, 4) is 0 Å². The summed E-state index contributed by atoms with van der Waals surface area (Å²) in [5.41, 5.74) is 2.23. The van der Waals surface area contributed by atoms with Crippen LogP contribution in [-0.2, 0) is 20.9 Å². The third-order valence-electron chi connectivity index (χ3n) is 5.46. The number of amides is 4. The van der Waals surface area contributed by atoms with Crippen LogP contribution in [0.2, 0.25) is 0 Å². The Hall–Kier alpha value is -2.41. The Morgan fingerprint density at radius 1 is 1.26 bits per heavy atom. The molecule has 0 radical (unpaired) electrons. The van der Waals surface area contributed by atoms with Gasteiger partial charge in [0.05, 0.1) is 19.1 Å². The first-order valence-corrected chi connectivity index (χ1v) is 9.43. The van der Waals surface area contributed by atoms with Crippen molar-refractivity contribution in [1.29, 1.82) is 0 Å². The summed E-state index contributed by atoms with van der Waals surface area (Å²) < 4.78 is 4.97. The molecule has 1 heterocycles. The second kappa shape index (κ2) is 8.52. The first kappa shape index (κ1) is 19.4. The van der Waals surface area contributed by atoms with Crippen molar-refractivity contribution in [2.45, 2.75) is 38.8 Å². The van der Waals surface area contributed by atoms with Gasteiger partial charge in [0, 0.05) is 25.6 Å². The molecule has 2 fully saturated rings. The summed E-state index contributed by atoms with van der Waals surface area (Å²) in [6, 6.07) is 7.38. The number of benzene rings is 1. The molecular weight excluding hydrogens is 346 g/mol. The maximum Gasteiger partial charge on any atom is 0.324 e. The van der Waals surface area contributed by atoms with E-state index in [0.29, 0.717) is 32.4 Å². The maximum absolute atomic E-state index is 12.6. The molecule has 1 aliphatic heterocycles. The van der Waals surface area contributed by atoms with E-state index in [0.717, 1.165) is 5.56 Å². The SMILES string of the molecule is COCCN1C(=O)NC2CC(C(=O)NCc3ccc(C)cc3)CCC2C1=O. The number of hydrogen-bond donors (Lipinski definition) is 2. The van der Waals surface area contributed by atoms with Crippen LogP contribution >= 0.6 is 0 Å². The number of ether oxygens (including phenoxy) is 1. The van der Waals surface area contributed by atoms with Crippen molar-refractivity contribution in [2.24, 2.45) is 11.8 Å².